The number of carbonyl (C=O) groups is 1. The summed E-state index contributed by atoms with van der Waals surface area (Å²) in [5.41, 5.74) is 1.13. The topological polar surface area (TPSA) is 66.8 Å². The molecule has 1 aromatic rings. The van der Waals surface area contributed by atoms with Crippen LogP contribution < -0.4 is 5.32 Å². The van der Waals surface area contributed by atoms with Gasteiger partial charge in [-0.25, -0.2) is 4.98 Å². The Morgan fingerprint density at radius 3 is 2.67 bits per heavy atom. The maximum absolute atomic E-state index is 11.8. The maximum atomic E-state index is 11.8. The Kier molecular flexibility index (Phi) is 7.02. The molecule has 0 bridgehead atoms. The van der Waals surface area contributed by atoms with Crippen molar-refractivity contribution in [2.24, 2.45) is 10.9 Å². The van der Waals surface area contributed by atoms with E-state index in [1.165, 1.54) is 4.88 Å². The van der Waals surface area contributed by atoms with Crippen molar-refractivity contribution in [1.82, 2.24) is 15.2 Å². The van der Waals surface area contributed by atoms with Crippen molar-refractivity contribution >= 4 is 23.3 Å². The highest BCUT2D eigenvalue weighted by atomic mass is 32.1. The second-order valence-electron chi connectivity index (χ2n) is 5.98. The second kappa shape index (κ2) is 9.01. The zero-order chi connectivity index (χ0) is 17.5. The molecule has 6 nitrogen and oxygen atoms in total. The Labute approximate surface area is 148 Å². The van der Waals surface area contributed by atoms with E-state index >= 15 is 0 Å². The fourth-order valence-corrected chi connectivity index (χ4v) is 3.95. The van der Waals surface area contributed by atoms with Gasteiger partial charge < -0.3 is 15.0 Å². The highest BCUT2D eigenvalue weighted by Gasteiger charge is 2.27. The molecule has 2 heterocycles. The summed E-state index contributed by atoms with van der Waals surface area (Å²) in [7, 11) is 1.81. The zero-order valence-corrected chi connectivity index (χ0v) is 15.9. The van der Waals surface area contributed by atoms with Crippen molar-refractivity contribution in [2.75, 3.05) is 33.3 Å². The largest absolute Gasteiger partial charge is 0.466 e. The summed E-state index contributed by atoms with van der Waals surface area (Å²) in [6.45, 7) is 8.93. The summed E-state index contributed by atoms with van der Waals surface area (Å²) < 4.78 is 5.12. The van der Waals surface area contributed by atoms with Crippen LogP contribution in [0.3, 0.4) is 0 Å². The van der Waals surface area contributed by atoms with Crippen molar-refractivity contribution in [3.63, 3.8) is 0 Å². The predicted octanol–water partition coefficient (Wildman–Crippen LogP) is 2.15. The quantitative estimate of drug-likeness (QED) is 0.500. The molecule has 1 aromatic heterocycles. The van der Waals surface area contributed by atoms with Gasteiger partial charge >= 0.3 is 5.97 Å². The van der Waals surface area contributed by atoms with E-state index in [9.17, 15) is 4.79 Å². The highest BCUT2D eigenvalue weighted by molar-refractivity contribution is 7.11. The number of ether oxygens (including phenoxy) is 1. The Hall–Kier alpha value is -1.63. The van der Waals surface area contributed by atoms with E-state index in [4.69, 9.17) is 4.74 Å². The minimum atomic E-state index is -0.0591. The summed E-state index contributed by atoms with van der Waals surface area (Å²) in [5.74, 6) is 0.884. The molecule has 2 rings (SSSR count). The number of hydrogen-bond acceptors (Lipinski definition) is 5. The number of thiazole rings is 1. The first-order chi connectivity index (χ1) is 11.5. The van der Waals surface area contributed by atoms with Gasteiger partial charge in [0.2, 0.25) is 0 Å². The van der Waals surface area contributed by atoms with Crippen LogP contribution in [0.5, 0.6) is 0 Å². The molecule has 1 aliphatic heterocycles. The predicted molar refractivity (Wildman–Crippen MR) is 97.6 cm³/mol. The standard InChI is InChI=1S/C17H28N4O2S/c1-5-23-16(22)14-7-10-21(11-8-14)17(18-4)19-9-6-15-12(2)20-13(3)24-15/h14H,5-11H2,1-4H3,(H,18,19). The van der Waals surface area contributed by atoms with Crippen LogP contribution in [0, 0.1) is 19.8 Å². The van der Waals surface area contributed by atoms with Crippen LogP contribution in [0.2, 0.25) is 0 Å². The minimum absolute atomic E-state index is 0.0297. The van der Waals surface area contributed by atoms with Crippen molar-refractivity contribution in [3.05, 3.63) is 15.6 Å². The van der Waals surface area contributed by atoms with E-state index in [0.29, 0.717) is 6.61 Å². The molecule has 0 atom stereocenters. The average molecular weight is 353 g/mol. The highest BCUT2D eigenvalue weighted by Crippen LogP contribution is 2.19. The van der Waals surface area contributed by atoms with E-state index in [1.807, 2.05) is 20.9 Å². The summed E-state index contributed by atoms with van der Waals surface area (Å²) in [6.07, 6.45) is 2.61. The molecule has 1 aliphatic rings. The van der Waals surface area contributed by atoms with Crippen molar-refractivity contribution in [2.45, 2.75) is 40.0 Å². The van der Waals surface area contributed by atoms with E-state index in [-0.39, 0.29) is 11.9 Å². The number of hydrogen-bond donors (Lipinski definition) is 1. The first-order valence-corrected chi connectivity index (χ1v) is 9.42. The molecule has 0 aliphatic carbocycles. The van der Waals surface area contributed by atoms with Crippen LogP contribution in [-0.4, -0.2) is 55.1 Å². The number of esters is 1. The normalized spacial score (nSPS) is 16.3. The zero-order valence-electron chi connectivity index (χ0n) is 15.1. The van der Waals surface area contributed by atoms with Crippen LogP contribution in [0.1, 0.15) is 35.3 Å². The number of likely N-dealkylation sites (tertiary alicyclic amines) is 1. The molecule has 0 aromatic carbocycles. The third kappa shape index (κ3) is 4.93. The van der Waals surface area contributed by atoms with Crippen LogP contribution in [-0.2, 0) is 16.0 Å². The van der Waals surface area contributed by atoms with Gasteiger partial charge in [-0.2, -0.15) is 0 Å². The molecular weight excluding hydrogens is 324 g/mol. The fourth-order valence-electron chi connectivity index (χ4n) is 3.01. The molecule has 0 radical (unpaired) electrons. The van der Waals surface area contributed by atoms with Gasteiger partial charge in [-0.3, -0.25) is 9.79 Å². The fraction of sp³-hybridized carbons (Fsp3) is 0.706. The molecule has 7 heteroatoms. The number of guanidine groups is 1. The molecule has 0 saturated carbocycles. The van der Waals surface area contributed by atoms with E-state index in [2.05, 4.69) is 27.1 Å². The molecule has 134 valence electrons. The van der Waals surface area contributed by atoms with E-state index in [0.717, 1.165) is 55.6 Å². The molecule has 1 fully saturated rings. The van der Waals surface area contributed by atoms with Gasteiger partial charge in [-0.15, -0.1) is 11.3 Å². The minimum Gasteiger partial charge on any atom is -0.466 e. The van der Waals surface area contributed by atoms with Gasteiger partial charge in [0.1, 0.15) is 0 Å². The smallest absolute Gasteiger partial charge is 0.309 e. The Morgan fingerprint density at radius 1 is 1.42 bits per heavy atom. The molecule has 0 unspecified atom stereocenters. The Balaban J connectivity index is 1.78. The molecule has 1 N–H and O–H groups in total. The third-order valence-electron chi connectivity index (χ3n) is 4.26. The number of aromatic nitrogens is 1. The van der Waals surface area contributed by atoms with E-state index in [1.54, 1.807) is 11.3 Å². The summed E-state index contributed by atoms with van der Waals surface area (Å²) in [5, 5.41) is 4.55. The van der Waals surface area contributed by atoms with Crippen molar-refractivity contribution in [3.8, 4) is 0 Å². The molecular formula is C17H28N4O2S. The van der Waals surface area contributed by atoms with Gasteiger partial charge in [-0.1, -0.05) is 0 Å². The molecule has 1 saturated heterocycles. The second-order valence-corrected chi connectivity index (χ2v) is 7.27. The number of aliphatic imine (C=N–C) groups is 1. The Morgan fingerprint density at radius 2 is 2.12 bits per heavy atom. The molecule has 0 amide bonds. The van der Waals surface area contributed by atoms with Gasteiger partial charge in [-0.05, 0) is 33.6 Å². The van der Waals surface area contributed by atoms with E-state index < -0.39 is 0 Å². The number of piperidine rings is 1. The molecule has 0 spiro atoms. The maximum Gasteiger partial charge on any atom is 0.309 e. The lowest BCUT2D eigenvalue weighted by Crippen LogP contribution is -2.47. The van der Waals surface area contributed by atoms with Crippen LogP contribution >= 0.6 is 11.3 Å². The Bertz CT molecular complexity index is 577. The number of carbonyl (C=O) groups excluding carboxylic acids is 1. The molecule has 24 heavy (non-hydrogen) atoms. The first kappa shape index (κ1) is 18.7. The summed E-state index contributed by atoms with van der Waals surface area (Å²) in [4.78, 5) is 24.2. The lowest BCUT2D eigenvalue weighted by Gasteiger charge is -2.33. The summed E-state index contributed by atoms with van der Waals surface area (Å²) >= 11 is 1.76. The summed E-state index contributed by atoms with van der Waals surface area (Å²) in [6, 6.07) is 0. The number of rotatable bonds is 5. The van der Waals surface area contributed by atoms with Crippen molar-refractivity contribution < 1.29 is 9.53 Å². The van der Waals surface area contributed by atoms with Crippen LogP contribution in [0.4, 0.5) is 0 Å². The van der Waals surface area contributed by atoms with Crippen LogP contribution in [0.15, 0.2) is 4.99 Å². The van der Waals surface area contributed by atoms with Gasteiger partial charge in [0.25, 0.3) is 0 Å². The SMILES string of the molecule is CCOC(=O)C1CCN(C(=NC)NCCc2sc(C)nc2C)CC1. The lowest BCUT2D eigenvalue weighted by atomic mass is 9.97. The third-order valence-corrected chi connectivity index (χ3v) is 5.39. The monoisotopic (exact) mass is 352 g/mol. The average Bonchev–Trinajstić information content (AvgIpc) is 2.89. The van der Waals surface area contributed by atoms with Gasteiger partial charge in [0.15, 0.2) is 5.96 Å². The lowest BCUT2D eigenvalue weighted by molar-refractivity contribution is -0.149. The number of nitrogens with one attached hydrogen (secondary N) is 1. The van der Waals surface area contributed by atoms with Gasteiger partial charge in [0, 0.05) is 38.0 Å². The number of nitrogens with zero attached hydrogens (tertiary/aromatic N) is 3. The first-order valence-electron chi connectivity index (χ1n) is 8.60. The number of aryl methyl sites for hydroxylation is 2. The van der Waals surface area contributed by atoms with Gasteiger partial charge in [0.05, 0.1) is 23.2 Å². The van der Waals surface area contributed by atoms with Crippen LogP contribution in [0.25, 0.3) is 0 Å². The van der Waals surface area contributed by atoms with Crippen molar-refractivity contribution in [1.29, 1.82) is 0 Å².